The Morgan fingerprint density at radius 3 is 2.61 bits per heavy atom. The molecule has 0 aliphatic heterocycles. The molecule has 18 heavy (non-hydrogen) atoms. The van der Waals surface area contributed by atoms with Gasteiger partial charge in [-0.25, -0.2) is 0 Å². The Morgan fingerprint density at radius 2 is 1.89 bits per heavy atom. The minimum Gasteiger partial charge on any atom is -0.507 e. The zero-order valence-electron chi connectivity index (χ0n) is 9.69. The number of benzene rings is 2. The first-order chi connectivity index (χ1) is 8.56. The molecule has 0 heterocycles. The molecule has 1 N–H and O–H groups in total. The van der Waals surface area contributed by atoms with E-state index in [-0.39, 0.29) is 5.75 Å². The van der Waals surface area contributed by atoms with Crippen LogP contribution >= 0.6 is 31.9 Å². The fourth-order valence-corrected chi connectivity index (χ4v) is 2.46. The van der Waals surface area contributed by atoms with Crippen LogP contribution < -0.4 is 0 Å². The van der Waals surface area contributed by atoms with Crippen LogP contribution in [-0.2, 0) is 0 Å². The number of aromatic hydroxyl groups is 1. The second kappa shape index (κ2) is 5.67. The number of hydrogen-bond donors (Lipinski definition) is 1. The van der Waals surface area contributed by atoms with Gasteiger partial charge in [-0.15, -0.1) is 0 Å². The Morgan fingerprint density at radius 1 is 1.11 bits per heavy atom. The van der Waals surface area contributed by atoms with Crippen LogP contribution in [0.15, 0.2) is 50.3 Å². The zero-order chi connectivity index (χ0) is 13.1. The molecule has 0 atom stereocenters. The third-order valence-electron chi connectivity index (χ3n) is 2.44. The van der Waals surface area contributed by atoms with Gasteiger partial charge in [-0.2, -0.15) is 0 Å². The van der Waals surface area contributed by atoms with Crippen molar-refractivity contribution >= 4 is 43.8 Å². The molecular formula is C14H11Br2NO. The second-order valence-electron chi connectivity index (χ2n) is 3.92. The van der Waals surface area contributed by atoms with Gasteiger partial charge in [0.05, 0.1) is 5.69 Å². The van der Waals surface area contributed by atoms with Crippen molar-refractivity contribution in [2.24, 2.45) is 4.99 Å². The Kier molecular flexibility index (Phi) is 4.19. The highest BCUT2D eigenvalue weighted by Gasteiger charge is 2.00. The first kappa shape index (κ1) is 13.3. The minimum absolute atomic E-state index is 0.213. The van der Waals surface area contributed by atoms with E-state index in [0.717, 1.165) is 14.6 Å². The maximum atomic E-state index is 9.70. The second-order valence-corrected chi connectivity index (χ2v) is 5.69. The molecule has 0 unspecified atom stereocenters. The fourth-order valence-electron chi connectivity index (χ4n) is 1.48. The largest absolute Gasteiger partial charge is 0.507 e. The number of halogens is 2. The van der Waals surface area contributed by atoms with E-state index in [1.165, 1.54) is 5.56 Å². The summed E-state index contributed by atoms with van der Waals surface area (Å²) >= 11 is 6.83. The lowest BCUT2D eigenvalue weighted by molar-refractivity contribution is 0.474. The predicted molar refractivity (Wildman–Crippen MR) is 81.9 cm³/mol. The molecule has 92 valence electrons. The average Bonchev–Trinajstić information content (AvgIpc) is 2.32. The van der Waals surface area contributed by atoms with Crippen LogP contribution in [0, 0.1) is 6.92 Å². The summed E-state index contributed by atoms with van der Waals surface area (Å²) in [6.07, 6.45) is 1.65. The molecule has 0 radical (unpaired) electrons. The van der Waals surface area contributed by atoms with Crippen molar-refractivity contribution in [3.8, 4) is 5.75 Å². The number of phenols is 1. The van der Waals surface area contributed by atoms with E-state index in [4.69, 9.17) is 0 Å². The molecule has 0 fully saturated rings. The van der Waals surface area contributed by atoms with Gasteiger partial charge in [-0.1, -0.05) is 22.0 Å². The Hall–Kier alpha value is -1.13. The smallest absolute Gasteiger partial charge is 0.124 e. The van der Waals surface area contributed by atoms with Crippen molar-refractivity contribution in [3.63, 3.8) is 0 Å². The van der Waals surface area contributed by atoms with Crippen molar-refractivity contribution in [1.29, 1.82) is 0 Å². The van der Waals surface area contributed by atoms with Crippen LogP contribution in [0.3, 0.4) is 0 Å². The zero-order valence-corrected chi connectivity index (χ0v) is 12.9. The highest BCUT2D eigenvalue weighted by molar-refractivity contribution is 9.10. The van der Waals surface area contributed by atoms with Crippen molar-refractivity contribution in [2.75, 3.05) is 0 Å². The summed E-state index contributed by atoms with van der Waals surface area (Å²) in [5.41, 5.74) is 2.68. The van der Waals surface area contributed by atoms with Crippen LogP contribution in [0.25, 0.3) is 0 Å². The molecule has 0 bridgehead atoms. The van der Waals surface area contributed by atoms with Crippen LogP contribution in [0.1, 0.15) is 11.1 Å². The lowest BCUT2D eigenvalue weighted by Crippen LogP contribution is -1.83. The molecule has 0 aromatic heterocycles. The summed E-state index contributed by atoms with van der Waals surface area (Å²) in [4.78, 5) is 4.37. The van der Waals surface area contributed by atoms with Gasteiger partial charge in [0.25, 0.3) is 0 Å². The maximum absolute atomic E-state index is 9.70. The summed E-state index contributed by atoms with van der Waals surface area (Å²) in [5, 5.41) is 9.70. The van der Waals surface area contributed by atoms with Crippen LogP contribution in [0.4, 0.5) is 5.69 Å². The molecule has 2 nitrogen and oxygen atoms in total. The number of nitrogens with zero attached hydrogens (tertiary/aromatic N) is 1. The van der Waals surface area contributed by atoms with Crippen LogP contribution in [0.2, 0.25) is 0 Å². The lowest BCUT2D eigenvalue weighted by Gasteiger charge is -2.01. The van der Waals surface area contributed by atoms with Gasteiger partial charge >= 0.3 is 0 Å². The molecule has 2 aromatic rings. The van der Waals surface area contributed by atoms with Gasteiger partial charge in [-0.3, -0.25) is 4.99 Å². The van der Waals surface area contributed by atoms with E-state index in [1.807, 2.05) is 31.2 Å². The van der Waals surface area contributed by atoms with E-state index in [1.54, 1.807) is 18.3 Å². The van der Waals surface area contributed by atoms with Gasteiger partial charge in [0.15, 0.2) is 0 Å². The summed E-state index contributed by atoms with van der Waals surface area (Å²) in [6.45, 7) is 2.03. The van der Waals surface area contributed by atoms with E-state index in [9.17, 15) is 5.11 Å². The number of hydrogen-bond acceptors (Lipinski definition) is 2. The van der Waals surface area contributed by atoms with Gasteiger partial charge in [0.1, 0.15) is 5.75 Å². The van der Waals surface area contributed by atoms with Crippen molar-refractivity contribution in [1.82, 2.24) is 0 Å². The maximum Gasteiger partial charge on any atom is 0.124 e. The number of aryl methyl sites for hydroxylation is 1. The molecule has 0 amide bonds. The third kappa shape index (κ3) is 3.21. The quantitative estimate of drug-likeness (QED) is 0.745. The van der Waals surface area contributed by atoms with Crippen LogP contribution in [-0.4, -0.2) is 11.3 Å². The monoisotopic (exact) mass is 367 g/mol. The molecule has 0 saturated heterocycles. The molecule has 4 heteroatoms. The van der Waals surface area contributed by atoms with Gasteiger partial charge < -0.3 is 5.11 Å². The molecule has 2 aromatic carbocycles. The number of rotatable bonds is 2. The standard InChI is InChI=1S/C14H11Br2NO/c1-9-2-4-13(12(16)6-9)17-8-10-7-11(15)3-5-14(10)18/h2-8,18H,1H3. The van der Waals surface area contributed by atoms with Gasteiger partial charge in [0, 0.05) is 20.7 Å². The molecule has 0 saturated carbocycles. The lowest BCUT2D eigenvalue weighted by atomic mass is 10.2. The van der Waals surface area contributed by atoms with E-state index < -0.39 is 0 Å². The van der Waals surface area contributed by atoms with Gasteiger partial charge in [0.2, 0.25) is 0 Å². The third-order valence-corrected chi connectivity index (χ3v) is 3.56. The molecule has 0 aliphatic rings. The normalized spacial score (nSPS) is 11.1. The molecular weight excluding hydrogens is 358 g/mol. The average molecular weight is 369 g/mol. The minimum atomic E-state index is 0.213. The Labute approximate surface area is 123 Å². The van der Waals surface area contributed by atoms with Crippen LogP contribution in [0.5, 0.6) is 5.75 Å². The van der Waals surface area contributed by atoms with Crippen molar-refractivity contribution < 1.29 is 5.11 Å². The number of aliphatic imine (C=N–C) groups is 1. The van der Waals surface area contributed by atoms with E-state index >= 15 is 0 Å². The first-order valence-electron chi connectivity index (χ1n) is 5.35. The summed E-state index contributed by atoms with van der Waals surface area (Å²) in [6, 6.07) is 11.2. The van der Waals surface area contributed by atoms with E-state index in [2.05, 4.69) is 36.9 Å². The summed E-state index contributed by atoms with van der Waals surface area (Å²) in [7, 11) is 0. The molecule has 2 rings (SSSR count). The SMILES string of the molecule is Cc1ccc(N=Cc2cc(Br)ccc2O)c(Br)c1. The Balaban J connectivity index is 2.32. The van der Waals surface area contributed by atoms with Crippen molar-refractivity contribution in [3.05, 3.63) is 56.5 Å². The highest BCUT2D eigenvalue weighted by atomic mass is 79.9. The highest BCUT2D eigenvalue weighted by Crippen LogP contribution is 2.27. The first-order valence-corrected chi connectivity index (χ1v) is 6.93. The van der Waals surface area contributed by atoms with E-state index in [0.29, 0.717) is 5.56 Å². The predicted octanol–water partition coefficient (Wildman–Crippen LogP) is 4.98. The summed E-state index contributed by atoms with van der Waals surface area (Å²) < 4.78 is 1.85. The van der Waals surface area contributed by atoms with Crippen molar-refractivity contribution in [2.45, 2.75) is 6.92 Å². The molecule has 0 spiro atoms. The topological polar surface area (TPSA) is 32.6 Å². The fraction of sp³-hybridized carbons (Fsp3) is 0.0714. The Bertz CT molecular complexity index is 609. The summed E-state index contributed by atoms with van der Waals surface area (Å²) in [5.74, 6) is 0.213. The number of phenolic OH excluding ortho intramolecular Hbond substituents is 1. The van der Waals surface area contributed by atoms with Gasteiger partial charge in [-0.05, 0) is 58.7 Å². The molecule has 0 aliphatic carbocycles.